The molecule has 2 nitrogen and oxygen atoms in total. The van der Waals surface area contributed by atoms with Crippen LogP contribution in [-0.2, 0) is 4.74 Å². The lowest BCUT2D eigenvalue weighted by molar-refractivity contribution is 0.0471. The molecule has 2 saturated carbocycles. The molecule has 2 heteroatoms. The summed E-state index contributed by atoms with van der Waals surface area (Å²) in [4.78, 5) is 2.33. The molecule has 2 aliphatic rings. The third kappa shape index (κ3) is 1.17. The second-order valence-electron chi connectivity index (χ2n) is 4.99. The molecular formula is C14H19NO. The smallest absolute Gasteiger partial charge is 0.147 e. The van der Waals surface area contributed by atoms with E-state index in [-0.39, 0.29) is 5.72 Å². The summed E-state index contributed by atoms with van der Waals surface area (Å²) in [6, 6.07) is 10.6. The molecule has 0 heterocycles. The number of hydrogen-bond acceptors (Lipinski definition) is 2. The molecule has 16 heavy (non-hydrogen) atoms. The number of fused-ring (bicyclic) bond motifs is 1. The summed E-state index contributed by atoms with van der Waals surface area (Å²) in [6.07, 6.45) is 4.04. The van der Waals surface area contributed by atoms with Gasteiger partial charge in [0.1, 0.15) is 5.72 Å². The summed E-state index contributed by atoms with van der Waals surface area (Å²) >= 11 is 0. The molecule has 0 N–H and O–H groups in total. The van der Waals surface area contributed by atoms with E-state index in [1.165, 1.54) is 24.9 Å². The topological polar surface area (TPSA) is 12.5 Å². The fourth-order valence-corrected chi connectivity index (χ4v) is 3.66. The van der Waals surface area contributed by atoms with E-state index in [4.69, 9.17) is 4.74 Å². The third-order valence-corrected chi connectivity index (χ3v) is 4.46. The Hall–Kier alpha value is -1.02. The first kappa shape index (κ1) is 10.2. The number of ether oxygens (including phenoxy) is 1. The predicted octanol–water partition coefficient (Wildman–Crippen LogP) is 2.90. The van der Waals surface area contributed by atoms with Gasteiger partial charge in [-0.15, -0.1) is 0 Å². The Morgan fingerprint density at radius 3 is 2.38 bits per heavy atom. The van der Waals surface area contributed by atoms with Crippen molar-refractivity contribution in [1.82, 2.24) is 0 Å². The van der Waals surface area contributed by atoms with Crippen molar-refractivity contribution in [1.29, 1.82) is 0 Å². The standard InChI is InChI=1S/C14H19NO/c1-15(11-7-4-3-5-8-11)14(16-2)12-9-6-10-13(12)14/h3-5,7-8,12-13H,6,9-10H2,1-2H3. The Bertz CT molecular complexity index is 366. The van der Waals surface area contributed by atoms with Crippen molar-refractivity contribution in [3.05, 3.63) is 30.3 Å². The van der Waals surface area contributed by atoms with Crippen LogP contribution in [0.3, 0.4) is 0 Å². The molecule has 0 saturated heterocycles. The lowest BCUT2D eigenvalue weighted by Gasteiger charge is -2.32. The van der Waals surface area contributed by atoms with Crippen LogP contribution in [0.4, 0.5) is 5.69 Å². The van der Waals surface area contributed by atoms with Crippen LogP contribution in [0.15, 0.2) is 30.3 Å². The van der Waals surface area contributed by atoms with Crippen LogP contribution >= 0.6 is 0 Å². The minimum atomic E-state index is -0.000394. The van der Waals surface area contributed by atoms with Crippen LogP contribution in [0.5, 0.6) is 0 Å². The maximum absolute atomic E-state index is 5.86. The summed E-state index contributed by atoms with van der Waals surface area (Å²) < 4.78 is 5.86. The third-order valence-electron chi connectivity index (χ3n) is 4.46. The van der Waals surface area contributed by atoms with E-state index in [2.05, 4.69) is 42.3 Å². The van der Waals surface area contributed by atoms with Gasteiger partial charge in [0, 0.05) is 31.7 Å². The van der Waals surface area contributed by atoms with Gasteiger partial charge in [-0.3, -0.25) is 0 Å². The van der Waals surface area contributed by atoms with Gasteiger partial charge >= 0.3 is 0 Å². The molecule has 3 rings (SSSR count). The van der Waals surface area contributed by atoms with Gasteiger partial charge in [-0.05, 0) is 25.0 Å². The highest BCUT2D eigenvalue weighted by Gasteiger charge is 2.69. The number of para-hydroxylation sites is 1. The monoisotopic (exact) mass is 217 g/mol. The predicted molar refractivity (Wildman–Crippen MR) is 65.4 cm³/mol. The zero-order valence-corrected chi connectivity index (χ0v) is 10.0. The molecule has 0 radical (unpaired) electrons. The molecular weight excluding hydrogens is 198 g/mol. The Balaban J connectivity index is 1.87. The van der Waals surface area contributed by atoms with Gasteiger partial charge in [0.25, 0.3) is 0 Å². The Morgan fingerprint density at radius 2 is 1.81 bits per heavy atom. The van der Waals surface area contributed by atoms with Gasteiger partial charge in [-0.1, -0.05) is 24.6 Å². The summed E-state index contributed by atoms with van der Waals surface area (Å²) in [5, 5.41) is 0. The highest BCUT2D eigenvalue weighted by molar-refractivity contribution is 5.50. The Morgan fingerprint density at radius 1 is 1.19 bits per heavy atom. The number of benzene rings is 1. The van der Waals surface area contributed by atoms with Gasteiger partial charge < -0.3 is 9.64 Å². The van der Waals surface area contributed by atoms with E-state index in [0.717, 1.165) is 11.8 Å². The first-order chi connectivity index (χ1) is 7.80. The summed E-state index contributed by atoms with van der Waals surface area (Å²) in [5.74, 6) is 1.51. The van der Waals surface area contributed by atoms with E-state index in [0.29, 0.717) is 0 Å². The number of methoxy groups -OCH3 is 1. The van der Waals surface area contributed by atoms with Crippen molar-refractivity contribution in [3.8, 4) is 0 Å². The molecule has 0 bridgehead atoms. The maximum Gasteiger partial charge on any atom is 0.147 e. The largest absolute Gasteiger partial charge is 0.358 e. The fourth-order valence-electron chi connectivity index (χ4n) is 3.66. The summed E-state index contributed by atoms with van der Waals surface area (Å²) in [6.45, 7) is 0. The van der Waals surface area contributed by atoms with Crippen LogP contribution in [0.2, 0.25) is 0 Å². The number of rotatable bonds is 3. The number of nitrogens with zero attached hydrogens (tertiary/aromatic N) is 1. The molecule has 0 aromatic heterocycles. The second-order valence-corrected chi connectivity index (χ2v) is 4.99. The van der Waals surface area contributed by atoms with Crippen molar-refractivity contribution in [2.75, 3.05) is 19.1 Å². The quantitative estimate of drug-likeness (QED) is 0.722. The minimum absolute atomic E-state index is 0.000394. The van der Waals surface area contributed by atoms with Crippen LogP contribution in [-0.4, -0.2) is 19.9 Å². The van der Waals surface area contributed by atoms with Crippen molar-refractivity contribution >= 4 is 5.69 Å². The number of hydrogen-bond donors (Lipinski definition) is 0. The SMILES string of the molecule is COC1(N(C)c2ccccc2)C2CCCC21. The molecule has 2 atom stereocenters. The number of anilines is 1. The molecule has 1 aromatic rings. The van der Waals surface area contributed by atoms with Crippen LogP contribution < -0.4 is 4.90 Å². The van der Waals surface area contributed by atoms with Gasteiger partial charge in [-0.2, -0.15) is 0 Å². The second kappa shape index (κ2) is 3.49. The van der Waals surface area contributed by atoms with E-state index in [1.807, 2.05) is 7.11 Å². The van der Waals surface area contributed by atoms with Crippen LogP contribution in [0.25, 0.3) is 0 Å². The molecule has 2 fully saturated rings. The first-order valence-corrected chi connectivity index (χ1v) is 6.14. The van der Waals surface area contributed by atoms with E-state index in [1.54, 1.807) is 0 Å². The fraction of sp³-hybridized carbons (Fsp3) is 0.571. The zero-order valence-electron chi connectivity index (χ0n) is 10.0. The molecule has 0 aliphatic heterocycles. The van der Waals surface area contributed by atoms with Crippen LogP contribution in [0.1, 0.15) is 19.3 Å². The van der Waals surface area contributed by atoms with Gasteiger partial charge in [0.15, 0.2) is 0 Å². The van der Waals surface area contributed by atoms with Crippen molar-refractivity contribution < 1.29 is 4.74 Å². The lowest BCUT2D eigenvalue weighted by atomic mass is 10.1. The molecule has 1 aromatic carbocycles. The van der Waals surface area contributed by atoms with Gasteiger partial charge in [0.05, 0.1) is 0 Å². The maximum atomic E-state index is 5.86. The molecule has 0 spiro atoms. The summed E-state index contributed by atoms with van der Waals surface area (Å²) in [5.41, 5.74) is 1.26. The Labute approximate surface area is 97.2 Å². The average Bonchev–Trinajstić information content (AvgIpc) is 2.72. The highest BCUT2D eigenvalue weighted by atomic mass is 16.5. The lowest BCUT2D eigenvalue weighted by Crippen LogP contribution is -2.40. The minimum Gasteiger partial charge on any atom is -0.358 e. The van der Waals surface area contributed by atoms with Crippen LogP contribution in [0, 0.1) is 11.8 Å². The molecule has 86 valence electrons. The van der Waals surface area contributed by atoms with Crippen molar-refractivity contribution in [3.63, 3.8) is 0 Å². The highest BCUT2D eigenvalue weighted by Crippen LogP contribution is 2.64. The van der Waals surface area contributed by atoms with Gasteiger partial charge in [-0.25, -0.2) is 0 Å². The Kier molecular flexibility index (Phi) is 2.21. The van der Waals surface area contributed by atoms with Crippen molar-refractivity contribution in [2.45, 2.75) is 25.0 Å². The molecule has 2 aliphatic carbocycles. The van der Waals surface area contributed by atoms with Crippen molar-refractivity contribution in [2.24, 2.45) is 11.8 Å². The molecule has 2 unspecified atom stereocenters. The zero-order chi connectivity index (χ0) is 11.2. The first-order valence-electron chi connectivity index (χ1n) is 6.14. The van der Waals surface area contributed by atoms with Gasteiger partial charge in [0.2, 0.25) is 0 Å². The van der Waals surface area contributed by atoms with E-state index in [9.17, 15) is 0 Å². The normalized spacial score (nSPS) is 35.9. The average molecular weight is 217 g/mol. The molecule has 0 amide bonds. The summed E-state index contributed by atoms with van der Waals surface area (Å²) in [7, 11) is 4.02. The van der Waals surface area contributed by atoms with E-state index < -0.39 is 0 Å². The van der Waals surface area contributed by atoms with E-state index >= 15 is 0 Å².